The molecule has 1 rings (SSSR count). The van der Waals surface area contributed by atoms with E-state index in [2.05, 4.69) is 5.32 Å². The number of carbonyl (C=O) groups excluding carboxylic acids is 3. The summed E-state index contributed by atoms with van der Waals surface area (Å²) in [7, 11) is 1.55. The molecule has 0 aliphatic carbocycles. The monoisotopic (exact) mass is 355 g/mol. The lowest BCUT2D eigenvalue weighted by Gasteiger charge is -2.31. The highest BCUT2D eigenvalue weighted by molar-refractivity contribution is 5.85. The number of carboxylic acids is 1. The first-order chi connectivity index (χ1) is 11.5. The molecule has 3 amide bonds. The van der Waals surface area contributed by atoms with Crippen molar-refractivity contribution in [3.8, 4) is 0 Å². The van der Waals surface area contributed by atoms with Crippen molar-refractivity contribution in [3.05, 3.63) is 0 Å². The maximum Gasteiger partial charge on any atom is 0.306 e. The van der Waals surface area contributed by atoms with E-state index in [-0.39, 0.29) is 37.2 Å². The first kappa shape index (κ1) is 20.9. The molecule has 0 unspecified atom stereocenters. The van der Waals surface area contributed by atoms with Crippen LogP contribution in [-0.4, -0.2) is 71.8 Å². The van der Waals surface area contributed by atoms with Crippen molar-refractivity contribution in [2.75, 3.05) is 33.2 Å². The molecule has 0 radical (unpaired) electrons. The minimum atomic E-state index is -0.823. The summed E-state index contributed by atoms with van der Waals surface area (Å²) in [5.74, 6) is -1.74. The second kappa shape index (κ2) is 8.82. The molecule has 2 N–H and O–H groups in total. The number of aliphatic carboxylic acids is 1. The number of carboxylic acid groups (broad SMARTS) is 1. The highest BCUT2D eigenvalue weighted by atomic mass is 16.4. The van der Waals surface area contributed by atoms with Crippen LogP contribution in [0.15, 0.2) is 0 Å². The van der Waals surface area contributed by atoms with Gasteiger partial charge in [0.2, 0.25) is 17.7 Å². The zero-order valence-electron chi connectivity index (χ0n) is 15.5. The minimum Gasteiger partial charge on any atom is -0.481 e. The van der Waals surface area contributed by atoms with Crippen molar-refractivity contribution in [1.29, 1.82) is 0 Å². The summed E-state index contributed by atoms with van der Waals surface area (Å²) in [6.07, 6.45) is 1.02. The van der Waals surface area contributed by atoms with Gasteiger partial charge in [0, 0.05) is 38.5 Å². The molecule has 8 heteroatoms. The van der Waals surface area contributed by atoms with Gasteiger partial charge < -0.3 is 20.2 Å². The predicted molar refractivity (Wildman–Crippen MR) is 91.7 cm³/mol. The molecule has 0 atom stereocenters. The van der Waals surface area contributed by atoms with Gasteiger partial charge in [0.1, 0.15) is 0 Å². The Morgan fingerprint density at radius 2 is 1.72 bits per heavy atom. The van der Waals surface area contributed by atoms with E-state index in [1.165, 1.54) is 4.90 Å². The van der Waals surface area contributed by atoms with Crippen LogP contribution < -0.4 is 5.32 Å². The molecule has 0 bridgehead atoms. The van der Waals surface area contributed by atoms with Gasteiger partial charge in [-0.25, -0.2) is 0 Å². The number of carbonyl (C=O) groups is 4. The van der Waals surface area contributed by atoms with E-state index < -0.39 is 17.3 Å². The Labute approximate surface area is 148 Å². The molecule has 25 heavy (non-hydrogen) atoms. The molecule has 0 saturated carbocycles. The Kier molecular flexibility index (Phi) is 7.38. The fraction of sp³-hybridized carbons (Fsp3) is 0.765. The van der Waals surface area contributed by atoms with Crippen molar-refractivity contribution >= 4 is 23.7 Å². The minimum absolute atomic E-state index is 0.0379. The van der Waals surface area contributed by atoms with Gasteiger partial charge in [0.25, 0.3) is 0 Å². The normalized spacial score (nSPS) is 15.6. The van der Waals surface area contributed by atoms with E-state index in [1.54, 1.807) is 32.7 Å². The molecule has 1 fully saturated rings. The third kappa shape index (κ3) is 6.72. The van der Waals surface area contributed by atoms with Gasteiger partial charge in [0.05, 0.1) is 12.5 Å². The van der Waals surface area contributed by atoms with Crippen LogP contribution in [0.2, 0.25) is 0 Å². The molecule has 0 aromatic carbocycles. The first-order valence-electron chi connectivity index (χ1n) is 8.55. The highest BCUT2D eigenvalue weighted by Crippen LogP contribution is 2.17. The Morgan fingerprint density at radius 1 is 1.16 bits per heavy atom. The van der Waals surface area contributed by atoms with Crippen molar-refractivity contribution in [2.24, 2.45) is 11.3 Å². The molecule has 1 heterocycles. The predicted octanol–water partition coefficient (Wildman–Crippen LogP) is 0.320. The molecule has 142 valence electrons. The number of hydrogen-bond donors (Lipinski definition) is 2. The van der Waals surface area contributed by atoms with Crippen molar-refractivity contribution in [3.63, 3.8) is 0 Å². The maximum atomic E-state index is 12.2. The Hall–Kier alpha value is -2.12. The second-order valence-corrected chi connectivity index (χ2v) is 7.50. The largest absolute Gasteiger partial charge is 0.481 e. The SMILES string of the molecule is CN(CC(=O)N1CCC(C(=O)O)CC1)C(=O)CCNC(=O)C(C)(C)C. The number of nitrogens with one attached hydrogen (secondary N) is 1. The molecule has 1 aliphatic rings. The molecule has 8 nitrogen and oxygen atoms in total. The number of rotatable bonds is 6. The van der Waals surface area contributed by atoms with Gasteiger partial charge in [-0.2, -0.15) is 0 Å². The number of likely N-dealkylation sites (N-methyl/N-ethyl adjacent to an activating group) is 1. The van der Waals surface area contributed by atoms with Crippen molar-refractivity contribution in [1.82, 2.24) is 15.1 Å². The number of piperidine rings is 1. The van der Waals surface area contributed by atoms with E-state index in [0.717, 1.165) is 0 Å². The lowest BCUT2D eigenvalue weighted by atomic mass is 9.96. The average Bonchev–Trinajstić information content (AvgIpc) is 2.53. The second-order valence-electron chi connectivity index (χ2n) is 7.50. The summed E-state index contributed by atoms with van der Waals surface area (Å²) in [6, 6.07) is 0. The number of hydrogen-bond acceptors (Lipinski definition) is 4. The van der Waals surface area contributed by atoms with Crippen LogP contribution in [0, 0.1) is 11.3 Å². The zero-order chi connectivity index (χ0) is 19.2. The highest BCUT2D eigenvalue weighted by Gasteiger charge is 2.28. The Morgan fingerprint density at radius 3 is 2.20 bits per heavy atom. The maximum absolute atomic E-state index is 12.2. The van der Waals surface area contributed by atoms with E-state index in [1.807, 2.05) is 0 Å². The van der Waals surface area contributed by atoms with Crippen LogP contribution in [0.1, 0.15) is 40.0 Å². The van der Waals surface area contributed by atoms with Crippen molar-refractivity contribution < 1.29 is 24.3 Å². The summed E-state index contributed by atoms with van der Waals surface area (Å²) < 4.78 is 0. The van der Waals surface area contributed by atoms with Crippen molar-refractivity contribution in [2.45, 2.75) is 40.0 Å². The van der Waals surface area contributed by atoms with Gasteiger partial charge in [-0.15, -0.1) is 0 Å². The first-order valence-corrected chi connectivity index (χ1v) is 8.55. The zero-order valence-corrected chi connectivity index (χ0v) is 15.5. The lowest BCUT2D eigenvalue weighted by molar-refractivity contribution is -0.146. The van der Waals surface area contributed by atoms with Crippen LogP contribution in [0.5, 0.6) is 0 Å². The van der Waals surface area contributed by atoms with Crippen LogP contribution in [0.25, 0.3) is 0 Å². The van der Waals surface area contributed by atoms with Gasteiger partial charge in [-0.1, -0.05) is 20.8 Å². The molecular formula is C17H29N3O5. The van der Waals surface area contributed by atoms with E-state index in [9.17, 15) is 19.2 Å². The van der Waals surface area contributed by atoms with Gasteiger partial charge >= 0.3 is 5.97 Å². The molecule has 1 saturated heterocycles. The third-order valence-corrected chi connectivity index (χ3v) is 4.30. The fourth-order valence-corrected chi connectivity index (χ4v) is 2.51. The Balaban J connectivity index is 2.34. The quantitative estimate of drug-likeness (QED) is 0.713. The van der Waals surface area contributed by atoms with Crippen LogP contribution in [0.4, 0.5) is 0 Å². The smallest absolute Gasteiger partial charge is 0.306 e. The van der Waals surface area contributed by atoms with Crippen LogP contribution in [-0.2, 0) is 19.2 Å². The summed E-state index contributed by atoms with van der Waals surface area (Å²) in [5.41, 5.74) is -0.507. The van der Waals surface area contributed by atoms with Gasteiger partial charge in [-0.05, 0) is 12.8 Å². The van der Waals surface area contributed by atoms with E-state index in [0.29, 0.717) is 25.9 Å². The molecule has 1 aliphatic heterocycles. The summed E-state index contributed by atoms with van der Waals surface area (Å²) in [5, 5.41) is 11.7. The lowest BCUT2D eigenvalue weighted by Crippen LogP contribution is -2.46. The van der Waals surface area contributed by atoms with Gasteiger partial charge in [-0.3, -0.25) is 19.2 Å². The fourth-order valence-electron chi connectivity index (χ4n) is 2.51. The Bertz CT molecular complexity index is 519. The molecule has 0 spiro atoms. The average molecular weight is 355 g/mol. The molecule has 0 aromatic heterocycles. The van der Waals surface area contributed by atoms with E-state index in [4.69, 9.17) is 5.11 Å². The number of likely N-dealkylation sites (tertiary alicyclic amines) is 1. The molecule has 0 aromatic rings. The number of amides is 3. The molecular weight excluding hydrogens is 326 g/mol. The summed E-state index contributed by atoms with van der Waals surface area (Å²) >= 11 is 0. The van der Waals surface area contributed by atoms with Gasteiger partial charge in [0.15, 0.2) is 0 Å². The summed E-state index contributed by atoms with van der Waals surface area (Å²) in [6.45, 7) is 6.38. The van der Waals surface area contributed by atoms with E-state index >= 15 is 0 Å². The van der Waals surface area contributed by atoms with Crippen LogP contribution >= 0.6 is 0 Å². The standard InChI is InChI=1S/C17H29N3O5/c1-17(2,3)16(25)18-8-5-13(21)19(4)11-14(22)20-9-6-12(7-10-20)15(23)24/h12H,5-11H2,1-4H3,(H,18,25)(H,23,24). The summed E-state index contributed by atoms with van der Waals surface area (Å²) in [4.78, 5) is 49.9. The topological polar surface area (TPSA) is 107 Å². The van der Waals surface area contributed by atoms with Crippen LogP contribution in [0.3, 0.4) is 0 Å². The number of nitrogens with zero attached hydrogens (tertiary/aromatic N) is 2. The third-order valence-electron chi connectivity index (χ3n) is 4.30.